The Kier molecular flexibility index (Phi) is 5.55. The standard InChI is InChI=1S/C17H26FNO/c1-12-10-14(11-13(2)17(12)18)16(19-3)8-7-15-6-4-5-9-20-15/h10-11,15-16,19H,4-9H2,1-3H3. The van der Waals surface area contributed by atoms with E-state index in [1.54, 1.807) is 0 Å². The molecule has 0 radical (unpaired) electrons. The smallest absolute Gasteiger partial charge is 0.129 e. The Morgan fingerprint density at radius 3 is 2.55 bits per heavy atom. The van der Waals surface area contributed by atoms with Gasteiger partial charge in [-0.15, -0.1) is 0 Å². The third-order valence-corrected chi connectivity index (χ3v) is 4.26. The molecule has 1 aliphatic rings. The predicted octanol–water partition coefficient (Wildman–Crippen LogP) is 4.05. The first kappa shape index (κ1) is 15.5. The molecule has 1 aliphatic heterocycles. The molecule has 1 aromatic rings. The number of hydrogen-bond donors (Lipinski definition) is 1. The molecule has 2 rings (SSSR count). The van der Waals surface area contributed by atoms with Crippen LogP contribution in [0.1, 0.15) is 54.8 Å². The zero-order chi connectivity index (χ0) is 14.5. The van der Waals surface area contributed by atoms with Gasteiger partial charge in [-0.05, 0) is 69.7 Å². The Morgan fingerprint density at radius 2 is 2.00 bits per heavy atom. The van der Waals surface area contributed by atoms with Crippen molar-refractivity contribution in [3.63, 3.8) is 0 Å². The van der Waals surface area contributed by atoms with Gasteiger partial charge < -0.3 is 10.1 Å². The van der Waals surface area contributed by atoms with E-state index in [2.05, 4.69) is 5.32 Å². The number of ether oxygens (including phenoxy) is 1. The summed E-state index contributed by atoms with van der Waals surface area (Å²) in [6.45, 7) is 4.58. The maximum absolute atomic E-state index is 13.7. The van der Waals surface area contributed by atoms with Gasteiger partial charge in [0, 0.05) is 12.6 Å². The van der Waals surface area contributed by atoms with E-state index in [-0.39, 0.29) is 11.9 Å². The SMILES string of the molecule is CNC(CCC1CCCCO1)c1cc(C)c(F)c(C)c1. The first-order valence-corrected chi connectivity index (χ1v) is 7.67. The van der Waals surface area contributed by atoms with E-state index in [9.17, 15) is 4.39 Å². The molecule has 0 saturated carbocycles. The molecule has 0 bridgehead atoms. The summed E-state index contributed by atoms with van der Waals surface area (Å²) in [5, 5.41) is 3.35. The van der Waals surface area contributed by atoms with E-state index < -0.39 is 0 Å². The van der Waals surface area contributed by atoms with Crippen LogP contribution in [0.25, 0.3) is 0 Å². The van der Waals surface area contributed by atoms with Gasteiger partial charge in [-0.2, -0.15) is 0 Å². The van der Waals surface area contributed by atoms with Gasteiger partial charge in [-0.3, -0.25) is 0 Å². The number of aryl methyl sites for hydroxylation is 2. The topological polar surface area (TPSA) is 21.3 Å². The lowest BCUT2D eigenvalue weighted by Gasteiger charge is -2.25. The van der Waals surface area contributed by atoms with E-state index in [0.717, 1.165) is 30.6 Å². The van der Waals surface area contributed by atoms with Crippen LogP contribution in [-0.4, -0.2) is 19.8 Å². The van der Waals surface area contributed by atoms with E-state index in [4.69, 9.17) is 4.74 Å². The van der Waals surface area contributed by atoms with Crippen molar-refractivity contribution in [2.45, 2.75) is 58.1 Å². The van der Waals surface area contributed by atoms with Gasteiger partial charge in [0.15, 0.2) is 0 Å². The molecule has 1 fully saturated rings. The molecular formula is C17H26FNO. The summed E-state index contributed by atoms with van der Waals surface area (Å²) in [6, 6.07) is 4.20. The molecular weight excluding hydrogens is 253 g/mol. The van der Waals surface area contributed by atoms with Crippen LogP contribution in [0.5, 0.6) is 0 Å². The minimum atomic E-state index is -0.0841. The van der Waals surface area contributed by atoms with Crippen LogP contribution in [0.3, 0.4) is 0 Å². The van der Waals surface area contributed by atoms with Crippen molar-refractivity contribution in [1.82, 2.24) is 5.32 Å². The molecule has 2 atom stereocenters. The summed E-state index contributed by atoms with van der Waals surface area (Å²) in [4.78, 5) is 0. The van der Waals surface area contributed by atoms with Gasteiger partial charge in [0.25, 0.3) is 0 Å². The molecule has 3 heteroatoms. The Hall–Kier alpha value is -0.930. The summed E-state index contributed by atoms with van der Waals surface area (Å²) < 4.78 is 19.5. The van der Waals surface area contributed by atoms with Crippen LogP contribution in [0.2, 0.25) is 0 Å². The van der Waals surface area contributed by atoms with Crippen molar-refractivity contribution in [3.8, 4) is 0 Å². The molecule has 1 aromatic carbocycles. The van der Waals surface area contributed by atoms with Crippen molar-refractivity contribution in [3.05, 3.63) is 34.6 Å². The highest BCUT2D eigenvalue weighted by atomic mass is 19.1. The number of benzene rings is 1. The molecule has 1 N–H and O–H groups in total. The molecule has 0 aromatic heterocycles. The Balaban J connectivity index is 2.00. The molecule has 2 nitrogen and oxygen atoms in total. The highest BCUT2D eigenvalue weighted by molar-refractivity contribution is 5.32. The summed E-state index contributed by atoms with van der Waals surface area (Å²) in [5.41, 5.74) is 2.64. The summed E-state index contributed by atoms with van der Waals surface area (Å²) in [7, 11) is 1.97. The first-order valence-electron chi connectivity index (χ1n) is 7.67. The van der Waals surface area contributed by atoms with Gasteiger partial charge in [0.1, 0.15) is 5.82 Å². The quantitative estimate of drug-likeness (QED) is 0.878. The zero-order valence-electron chi connectivity index (χ0n) is 12.8. The van der Waals surface area contributed by atoms with Crippen LogP contribution in [0.4, 0.5) is 4.39 Å². The normalized spacial score (nSPS) is 20.9. The fraction of sp³-hybridized carbons (Fsp3) is 0.647. The minimum Gasteiger partial charge on any atom is -0.378 e. The second-order valence-electron chi connectivity index (χ2n) is 5.88. The van der Waals surface area contributed by atoms with Gasteiger partial charge in [-0.1, -0.05) is 12.1 Å². The van der Waals surface area contributed by atoms with E-state index in [0.29, 0.717) is 6.10 Å². The van der Waals surface area contributed by atoms with Crippen LogP contribution in [0.15, 0.2) is 12.1 Å². The van der Waals surface area contributed by atoms with E-state index in [1.807, 2.05) is 33.0 Å². The summed E-state index contributed by atoms with van der Waals surface area (Å²) in [5.74, 6) is -0.0841. The van der Waals surface area contributed by atoms with Crippen molar-refractivity contribution >= 4 is 0 Å². The van der Waals surface area contributed by atoms with E-state index >= 15 is 0 Å². The van der Waals surface area contributed by atoms with Crippen molar-refractivity contribution in [2.75, 3.05) is 13.7 Å². The maximum atomic E-state index is 13.7. The highest BCUT2D eigenvalue weighted by Gasteiger charge is 2.18. The van der Waals surface area contributed by atoms with Crippen LogP contribution in [0, 0.1) is 19.7 Å². The monoisotopic (exact) mass is 279 g/mol. The molecule has 1 heterocycles. The lowest BCUT2D eigenvalue weighted by atomic mass is 9.95. The third-order valence-electron chi connectivity index (χ3n) is 4.26. The fourth-order valence-electron chi connectivity index (χ4n) is 3.05. The lowest BCUT2D eigenvalue weighted by molar-refractivity contribution is 0.00866. The Morgan fingerprint density at radius 1 is 1.30 bits per heavy atom. The second kappa shape index (κ2) is 7.19. The first-order chi connectivity index (χ1) is 9.61. The van der Waals surface area contributed by atoms with Crippen molar-refractivity contribution < 1.29 is 9.13 Å². The molecule has 112 valence electrons. The largest absolute Gasteiger partial charge is 0.378 e. The van der Waals surface area contributed by atoms with Crippen molar-refractivity contribution in [1.29, 1.82) is 0 Å². The lowest BCUT2D eigenvalue weighted by Crippen LogP contribution is -2.23. The second-order valence-corrected chi connectivity index (χ2v) is 5.88. The summed E-state index contributed by atoms with van der Waals surface area (Å²) in [6.07, 6.45) is 6.17. The van der Waals surface area contributed by atoms with Gasteiger partial charge in [0.2, 0.25) is 0 Å². The Labute approximate surface area is 121 Å². The molecule has 0 aliphatic carbocycles. The maximum Gasteiger partial charge on any atom is 0.129 e. The van der Waals surface area contributed by atoms with E-state index in [1.165, 1.54) is 24.8 Å². The third kappa shape index (κ3) is 3.80. The molecule has 20 heavy (non-hydrogen) atoms. The highest BCUT2D eigenvalue weighted by Crippen LogP contribution is 2.26. The van der Waals surface area contributed by atoms with Crippen LogP contribution in [-0.2, 0) is 4.74 Å². The summed E-state index contributed by atoms with van der Waals surface area (Å²) >= 11 is 0. The average molecular weight is 279 g/mol. The van der Waals surface area contributed by atoms with Gasteiger partial charge in [0.05, 0.1) is 6.10 Å². The number of halogens is 1. The average Bonchev–Trinajstić information content (AvgIpc) is 2.46. The minimum absolute atomic E-state index is 0.0841. The molecule has 0 amide bonds. The molecule has 2 unspecified atom stereocenters. The fourth-order valence-corrected chi connectivity index (χ4v) is 3.05. The number of rotatable bonds is 5. The molecule has 1 saturated heterocycles. The van der Waals surface area contributed by atoms with Gasteiger partial charge >= 0.3 is 0 Å². The molecule has 0 spiro atoms. The zero-order valence-corrected chi connectivity index (χ0v) is 12.8. The number of nitrogens with one attached hydrogen (secondary N) is 1. The van der Waals surface area contributed by atoms with Crippen molar-refractivity contribution in [2.24, 2.45) is 0 Å². The predicted molar refractivity (Wildman–Crippen MR) is 80.5 cm³/mol. The van der Waals surface area contributed by atoms with Gasteiger partial charge in [-0.25, -0.2) is 4.39 Å². The Bertz CT molecular complexity index is 418. The van der Waals surface area contributed by atoms with Crippen LogP contribution >= 0.6 is 0 Å². The van der Waals surface area contributed by atoms with Crippen LogP contribution < -0.4 is 5.32 Å². The number of hydrogen-bond acceptors (Lipinski definition) is 2.